The minimum absolute atomic E-state index is 0.0823. The van der Waals surface area contributed by atoms with Gasteiger partial charge in [0.1, 0.15) is 11.8 Å². The molecule has 1 aromatic carbocycles. The highest BCUT2D eigenvalue weighted by Gasteiger charge is 2.22. The zero-order chi connectivity index (χ0) is 13.7. The summed E-state index contributed by atoms with van der Waals surface area (Å²) in [7, 11) is 3.11. The zero-order valence-electron chi connectivity index (χ0n) is 10.3. The van der Waals surface area contributed by atoms with E-state index in [1.807, 2.05) is 0 Å². The van der Waals surface area contributed by atoms with Crippen LogP contribution in [0.25, 0.3) is 0 Å². The summed E-state index contributed by atoms with van der Waals surface area (Å²) in [6.45, 7) is 0. The first-order valence-corrected chi connectivity index (χ1v) is 5.38. The van der Waals surface area contributed by atoms with Crippen molar-refractivity contribution >= 4 is 12.0 Å². The van der Waals surface area contributed by atoms with E-state index >= 15 is 0 Å². The van der Waals surface area contributed by atoms with Crippen LogP contribution in [-0.4, -0.2) is 47.3 Å². The Kier molecular flexibility index (Phi) is 4.53. The summed E-state index contributed by atoms with van der Waals surface area (Å²) < 4.78 is 0. The lowest BCUT2D eigenvalue weighted by Gasteiger charge is -2.20. The number of likely N-dealkylation sites (N-methyl/N-ethyl adjacent to an activating group) is 1. The van der Waals surface area contributed by atoms with Gasteiger partial charge in [-0.15, -0.1) is 0 Å². The number of carbonyl (C=O) groups is 2. The van der Waals surface area contributed by atoms with Crippen LogP contribution in [0.5, 0.6) is 5.75 Å². The number of carboxylic acid groups (broad SMARTS) is 1. The Morgan fingerprint density at radius 3 is 2.56 bits per heavy atom. The van der Waals surface area contributed by atoms with Crippen LogP contribution in [0.2, 0.25) is 0 Å². The van der Waals surface area contributed by atoms with Gasteiger partial charge in [0.2, 0.25) is 5.91 Å². The molecule has 3 N–H and O–H groups in total. The lowest BCUT2D eigenvalue weighted by molar-refractivity contribution is -0.130. The topological polar surface area (TPSA) is 89.9 Å². The van der Waals surface area contributed by atoms with Crippen LogP contribution >= 0.6 is 0 Å². The van der Waals surface area contributed by atoms with Crippen molar-refractivity contribution < 1.29 is 19.8 Å². The number of nitrogens with one attached hydrogen (secondary N) is 1. The molecule has 1 rings (SSSR count). The summed E-state index contributed by atoms with van der Waals surface area (Å²) in [6.07, 6.45) is -1.06. The molecule has 0 aliphatic rings. The molecular formula is C12H16N2O4. The highest BCUT2D eigenvalue weighted by molar-refractivity contribution is 5.85. The SMILES string of the molecule is CN(C)C(=O)C(Cc1cccc(O)c1)NC(=O)O. The predicted octanol–water partition coefficient (Wildman–Crippen LogP) is 0.659. The van der Waals surface area contributed by atoms with Gasteiger partial charge in [-0.3, -0.25) is 4.79 Å². The number of benzene rings is 1. The summed E-state index contributed by atoms with van der Waals surface area (Å²) >= 11 is 0. The van der Waals surface area contributed by atoms with Crippen LogP contribution in [0.15, 0.2) is 24.3 Å². The summed E-state index contributed by atoms with van der Waals surface area (Å²) in [5.74, 6) is -0.250. The van der Waals surface area contributed by atoms with Gasteiger partial charge in [0.15, 0.2) is 0 Å². The van der Waals surface area contributed by atoms with Crippen molar-refractivity contribution in [1.29, 1.82) is 0 Å². The molecule has 0 spiro atoms. The number of nitrogens with zero attached hydrogens (tertiary/aromatic N) is 1. The maximum atomic E-state index is 11.8. The molecule has 0 bridgehead atoms. The quantitative estimate of drug-likeness (QED) is 0.734. The summed E-state index contributed by atoms with van der Waals surface area (Å²) in [5.41, 5.74) is 0.684. The molecule has 18 heavy (non-hydrogen) atoms. The molecule has 6 nitrogen and oxygen atoms in total. The van der Waals surface area contributed by atoms with Gasteiger partial charge < -0.3 is 20.4 Å². The Labute approximate surface area is 105 Å². The van der Waals surface area contributed by atoms with Gasteiger partial charge >= 0.3 is 6.09 Å². The van der Waals surface area contributed by atoms with Crippen molar-refractivity contribution in [2.45, 2.75) is 12.5 Å². The van der Waals surface area contributed by atoms with Crippen LogP contribution < -0.4 is 5.32 Å². The average molecular weight is 252 g/mol. The summed E-state index contributed by atoms with van der Waals surface area (Å²) in [6, 6.07) is 5.51. The first-order chi connectivity index (χ1) is 8.40. The first-order valence-electron chi connectivity index (χ1n) is 5.38. The van der Waals surface area contributed by atoms with Gasteiger partial charge in [0.05, 0.1) is 0 Å². The van der Waals surface area contributed by atoms with E-state index in [0.717, 1.165) is 0 Å². The number of phenolic OH excluding ortho intramolecular Hbond substituents is 1. The van der Waals surface area contributed by atoms with Crippen molar-refractivity contribution in [3.8, 4) is 5.75 Å². The molecule has 1 aromatic rings. The van der Waals surface area contributed by atoms with Crippen molar-refractivity contribution in [2.75, 3.05) is 14.1 Å². The Morgan fingerprint density at radius 2 is 2.06 bits per heavy atom. The van der Waals surface area contributed by atoms with Gasteiger partial charge in [-0.1, -0.05) is 12.1 Å². The summed E-state index contributed by atoms with van der Waals surface area (Å²) in [5, 5.41) is 20.2. The Bertz CT molecular complexity index is 445. The van der Waals surface area contributed by atoms with Crippen molar-refractivity contribution in [3.63, 3.8) is 0 Å². The van der Waals surface area contributed by atoms with E-state index in [1.54, 1.807) is 26.2 Å². The van der Waals surface area contributed by atoms with E-state index in [-0.39, 0.29) is 18.1 Å². The largest absolute Gasteiger partial charge is 0.508 e. The zero-order valence-corrected chi connectivity index (χ0v) is 10.3. The predicted molar refractivity (Wildman–Crippen MR) is 65.5 cm³/mol. The molecule has 0 heterocycles. The fourth-order valence-corrected chi connectivity index (χ4v) is 1.58. The van der Waals surface area contributed by atoms with E-state index in [2.05, 4.69) is 5.32 Å². The number of carbonyl (C=O) groups excluding carboxylic acids is 1. The fraction of sp³-hybridized carbons (Fsp3) is 0.333. The molecule has 0 aromatic heterocycles. The molecule has 1 unspecified atom stereocenters. The van der Waals surface area contributed by atoms with Crippen LogP contribution in [0, 0.1) is 0 Å². The standard InChI is InChI=1S/C12H16N2O4/c1-14(2)11(16)10(13-12(17)18)7-8-4-3-5-9(15)6-8/h3-6,10,13,15H,7H2,1-2H3,(H,17,18). The van der Waals surface area contributed by atoms with Crippen LogP contribution in [0.1, 0.15) is 5.56 Å². The highest BCUT2D eigenvalue weighted by Crippen LogP contribution is 2.13. The number of amides is 2. The van der Waals surface area contributed by atoms with Gasteiger partial charge in [-0.2, -0.15) is 0 Å². The van der Waals surface area contributed by atoms with Crippen LogP contribution in [-0.2, 0) is 11.2 Å². The average Bonchev–Trinajstić information content (AvgIpc) is 2.26. The number of aromatic hydroxyl groups is 1. The lowest BCUT2D eigenvalue weighted by Crippen LogP contribution is -2.47. The van der Waals surface area contributed by atoms with Gasteiger partial charge in [-0.05, 0) is 17.7 Å². The maximum absolute atomic E-state index is 11.8. The Morgan fingerprint density at radius 1 is 1.39 bits per heavy atom. The second kappa shape index (κ2) is 5.90. The van der Waals surface area contributed by atoms with E-state index < -0.39 is 12.1 Å². The summed E-state index contributed by atoms with van der Waals surface area (Å²) in [4.78, 5) is 23.8. The number of hydrogen-bond donors (Lipinski definition) is 3. The van der Waals surface area contributed by atoms with Crippen molar-refractivity contribution in [3.05, 3.63) is 29.8 Å². The third-order valence-corrected chi connectivity index (χ3v) is 2.39. The number of phenols is 1. The monoisotopic (exact) mass is 252 g/mol. The Hall–Kier alpha value is -2.24. The lowest BCUT2D eigenvalue weighted by atomic mass is 10.0. The molecule has 0 radical (unpaired) electrons. The van der Waals surface area contributed by atoms with Crippen molar-refractivity contribution in [2.24, 2.45) is 0 Å². The van der Waals surface area contributed by atoms with Crippen molar-refractivity contribution in [1.82, 2.24) is 10.2 Å². The smallest absolute Gasteiger partial charge is 0.405 e. The fourth-order valence-electron chi connectivity index (χ4n) is 1.58. The van der Waals surface area contributed by atoms with E-state index in [9.17, 15) is 14.7 Å². The second-order valence-corrected chi connectivity index (χ2v) is 4.11. The highest BCUT2D eigenvalue weighted by atomic mass is 16.4. The van der Waals surface area contributed by atoms with E-state index in [4.69, 9.17) is 5.11 Å². The molecule has 6 heteroatoms. The molecule has 1 atom stereocenters. The molecule has 0 aliphatic carbocycles. The van der Waals surface area contributed by atoms with E-state index in [1.165, 1.54) is 17.0 Å². The minimum Gasteiger partial charge on any atom is -0.508 e. The van der Waals surface area contributed by atoms with Crippen LogP contribution in [0.3, 0.4) is 0 Å². The molecule has 98 valence electrons. The first kappa shape index (κ1) is 13.8. The molecule has 0 saturated carbocycles. The molecule has 0 fully saturated rings. The molecule has 0 saturated heterocycles. The normalized spacial score (nSPS) is 11.7. The van der Waals surface area contributed by atoms with Gasteiger partial charge in [0.25, 0.3) is 0 Å². The molecular weight excluding hydrogens is 236 g/mol. The molecule has 0 aliphatic heterocycles. The van der Waals surface area contributed by atoms with Crippen LogP contribution in [0.4, 0.5) is 4.79 Å². The maximum Gasteiger partial charge on any atom is 0.405 e. The number of hydrogen-bond acceptors (Lipinski definition) is 3. The molecule has 2 amide bonds. The van der Waals surface area contributed by atoms with E-state index in [0.29, 0.717) is 5.56 Å². The number of rotatable bonds is 4. The van der Waals surface area contributed by atoms with Gasteiger partial charge in [0, 0.05) is 20.5 Å². The minimum atomic E-state index is -1.25. The Balaban J connectivity index is 2.84. The third-order valence-electron chi connectivity index (χ3n) is 2.39. The van der Waals surface area contributed by atoms with Gasteiger partial charge in [-0.25, -0.2) is 4.79 Å². The third kappa shape index (κ3) is 3.97. The second-order valence-electron chi connectivity index (χ2n) is 4.11.